The molecule has 0 saturated carbocycles. The lowest BCUT2D eigenvalue weighted by Crippen LogP contribution is -2.45. The monoisotopic (exact) mass is 456 g/mol. The van der Waals surface area contributed by atoms with Crippen LogP contribution < -0.4 is 20.5 Å². The predicted molar refractivity (Wildman–Crippen MR) is 121 cm³/mol. The second kappa shape index (κ2) is 9.40. The lowest BCUT2D eigenvalue weighted by molar-refractivity contribution is -0.114. The van der Waals surface area contributed by atoms with Crippen molar-refractivity contribution in [1.82, 2.24) is 29.8 Å². The van der Waals surface area contributed by atoms with Crippen molar-refractivity contribution >= 4 is 29.3 Å². The van der Waals surface area contributed by atoms with Gasteiger partial charge in [0.15, 0.2) is 16.0 Å². The zero-order chi connectivity index (χ0) is 22.7. The molecular formula is C20H24N8O3S. The smallest absolute Gasteiger partial charge is 0.253 e. The fourth-order valence-corrected chi connectivity index (χ4v) is 4.14. The van der Waals surface area contributed by atoms with E-state index in [0.29, 0.717) is 16.6 Å². The van der Waals surface area contributed by atoms with Gasteiger partial charge in [0.1, 0.15) is 11.5 Å². The molecule has 1 aliphatic rings. The predicted octanol–water partition coefficient (Wildman–Crippen LogP) is 1.42. The number of methoxy groups -OCH3 is 1. The van der Waals surface area contributed by atoms with Gasteiger partial charge in [-0.3, -0.25) is 9.59 Å². The maximum Gasteiger partial charge on any atom is 0.253 e. The molecule has 1 aliphatic heterocycles. The summed E-state index contributed by atoms with van der Waals surface area (Å²) in [6.07, 6.45) is 1.83. The SMILES string of the molecule is COc1nc(N2CCN(C)CC2)c(-c2ccc[nH]2)nc1Sc1nc(NC(C)=O)cc(=O)[nH]1. The molecular weight excluding hydrogens is 432 g/mol. The van der Waals surface area contributed by atoms with Gasteiger partial charge in [0.2, 0.25) is 11.8 Å². The zero-order valence-corrected chi connectivity index (χ0v) is 18.8. The quantitative estimate of drug-likeness (QED) is 0.471. The van der Waals surface area contributed by atoms with Crippen LogP contribution in [0, 0.1) is 0 Å². The molecule has 1 amide bonds. The lowest BCUT2D eigenvalue weighted by atomic mass is 10.2. The van der Waals surface area contributed by atoms with Crippen molar-refractivity contribution in [1.29, 1.82) is 0 Å². The van der Waals surface area contributed by atoms with Crippen molar-refractivity contribution < 1.29 is 9.53 Å². The standard InChI is InChI=1S/C20H24N8O3S/c1-12(29)22-14-11-15(30)24-20(23-14)32-19-18(31-3)26-17(28-9-7-27(2)8-10-28)16(25-19)13-5-4-6-21-13/h4-6,11,21H,7-10H2,1-3H3,(H2,22,23,24,29,30). The number of nitrogens with zero attached hydrogens (tertiary/aromatic N) is 5. The van der Waals surface area contributed by atoms with Crippen LogP contribution in [0.15, 0.2) is 39.4 Å². The van der Waals surface area contributed by atoms with Crippen molar-refractivity contribution in [2.24, 2.45) is 0 Å². The van der Waals surface area contributed by atoms with Crippen LogP contribution in [-0.4, -0.2) is 76.1 Å². The van der Waals surface area contributed by atoms with Gasteiger partial charge in [0.25, 0.3) is 5.56 Å². The highest BCUT2D eigenvalue weighted by atomic mass is 32.2. The number of piperazine rings is 1. The summed E-state index contributed by atoms with van der Waals surface area (Å²) in [6, 6.07) is 5.05. The fourth-order valence-electron chi connectivity index (χ4n) is 3.31. The third-order valence-electron chi connectivity index (χ3n) is 4.88. The van der Waals surface area contributed by atoms with Crippen LogP contribution in [0.25, 0.3) is 11.4 Å². The molecule has 3 aromatic heterocycles. The number of amides is 1. The number of carbonyl (C=O) groups is 1. The van der Waals surface area contributed by atoms with Crippen molar-refractivity contribution in [3.8, 4) is 17.3 Å². The molecule has 3 aromatic rings. The number of hydrogen-bond acceptors (Lipinski definition) is 9. The van der Waals surface area contributed by atoms with Crippen LogP contribution >= 0.6 is 11.8 Å². The summed E-state index contributed by atoms with van der Waals surface area (Å²) >= 11 is 1.10. The highest BCUT2D eigenvalue weighted by molar-refractivity contribution is 7.99. The Bertz CT molecular complexity index is 1160. The third-order valence-corrected chi connectivity index (χ3v) is 5.73. The summed E-state index contributed by atoms with van der Waals surface area (Å²) in [5.41, 5.74) is 1.12. The van der Waals surface area contributed by atoms with Crippen LogP contribution in [-0.2, 0) is 4.79 Å². The minimum Gasteiger partial charge on any atom is -0.479 e. The Morgan fingerprint density at radius 2 is 2.00 bits per heavy atom. The van der Waals surface area contributed by atoms with Crippen molar-refractivity contribution in [2.75, 3.05) is 50.6 Å². The molecule has 0 aliphatic carbocycles. The molecule has 168 valence electrons. The Balaban J connectivity index is 1.75. The van der Waals surface area contributed by atoms with Crippen LogP contribution in [0.3, 0.4) is 0 Å². The van der Waals surface area contributed by atoms with E-state index in [1.165, 1.54) is 20.1 Å². The molecule has 0 radical (unpaired) electrons. The lowest BCUT2D eigenvalue weighted by Gasteiger charge is -2.34. The second-order valence-electron chi connectivity index (χ2n) is 7.30. The number of aromatic nitrogens is 5. The molecule has 0 bridgehead atoms. The minimum atomic E-state index is -0.392. The van der Waals surface area contributed by atoms with Crippen molar-refractivity contribution in [3.05, 3.63) is 34.7 Å². The summed E-state index contributed by atoms with van der Waals surface area (Å²) < 4.78 is 5.54. The van der Waals surface area contributed by atoms with Gasteiger partial charge in [0, 0.05) is 45.4 Å². The van der Waals surface area contributed by atoms with Crippen LogP contribution in [0.4, 0.5) is 11.6 Å². The summed E-state index contributed by atoms with van der Waals surface area (Å²) in [7, 11) is 3.62. The minimum absolute atomic E-state index is 0.161. The van der Waals surface area contributed by atoms with Gasteiger partial charge in [-0.2, -0.15) is 4.98 Å². The molecule has 4 heterocycles. The fraction of sp³-hybridized carbons (Fsp3) is 0.350. The Kier molecular flexibility index (Phi) is 6.42. The number of carbonyl (C=O) groups excluding carboxylic acids is 1. The number of aromatic amines is 2. The highest BCUT2D eigenvalue weighted by Gasteiger charge is 2.24. The van der Waals surface area contributed by atoms with Crippen molar-refractivity contribution in [3.63, 3.8) is 0 Å². The Morgan fingerprint density at radius 3 is 2.66 bits per heavy atom. The molecule has 1 fully saturated rings. The van der Waals surface area contributed by atoms with Crippen LogP contribution in [0.2, 0.25) is 0 Å². The van der Waals surface area contributed by atoms with Gasteiger partial charge in [-0.15, -0.1) is 0 Å². The van der Waals surface area contributed by atoms with E-state index in [0.717, 1.165) is 49.5 Å². The largest absolute Gasteiger partial charge is 0.479 e. The molecule has 1 saturated heterocycles. The second-order valence-corrected chi connectivity index (χ2v) is 8.28. The van der Waals surface area contributed by atoms with E-state index < -0.39 is 5.56 Å². The first-order valence-electron chi connectivity index (χ1n) is 10.0. The summed E-state index contributed by atoms with van der Waals surface area (Å²) in [4.78, 5) is 47.6. The van der Waals surface area contributed by atoms with Gasteiger partial charge in [-0.1, -0.05) is 0 Å². The first kappa shape index (κ1) is 21.8. The first-order chi connectivity index (χ1) is 15.4. The molecule has 4 rings (SSSR count). The summed E-state index contributed by atoms with van der Waals surface area (Å²) in [6.45, 7) is 4.84. The van der Waals surface area contributed by atoms with Gasteiger partial charge < -0.3 is 29.8 Å². The molecule has 0 aromatic carbocycles. The van der Waals surface area contributed by atoms with E-state index in [9.17, 15) is 9.59 Å². The number of rotatable bonds is 6. The number of anilines is 2. The Labute approximate surface area is 188 Å². The average molecular weight is 457 g/mol. The summed E-state index contributed by atoms with van der Waals surface area (Å²) in [5, 5.41) is 3.23. The molecule has 0 spiro atoms. The van der Waals surface area contributed by atoms with E-state index >= 15 is 0 Å². The molecule has 12 heteroatoms. The molecule has 3 N–H and O–H groups in total. The Hall–Kier alpha value is -3.38. The number of ether oxygens (including phenoxy) is 1. The summed E-state index contributed by atoms with van der Waals surface area (Å²) in [5.74, 6) is 0.901. The van der Waals surface area contributed by atoms with Crippen molar-refractivity contribution in [2.45, 2.75) is 17.1 Å². The van der Waals surface area contributed by atoms with E-state index in [4.69, 9.17) is 14.7 Å². The number of likely N-dealkylation sites (N-methyl/N-ethyl adjacent to an activating group) is 1. The van der Waals surface area contributed by atoms with E-state index in [-0.39, 0.29) is 16.9 Å². The molecule has 32 heavy (non-hydrogen) atoms. The number of hydrogen-bond donors (Lipinski definition) is 3. The Morgan fingerprint density at radius 1 is 1.22 bits per heavy atom. The van der Waals surface area contributed by atoms with Crippen LogP contribution in [0.5, 0.6) is 5.88 Å². The van der Waals surface area contributed by atoms with Gasteiger partial charge in [0.05, 0.1) is 12.8 Å². The first-order valence-corrected chi connectivity index (χ1v) is 10.8. The maximum atomic E-state index is 12.0. The third kappa shape index (κ3) is 4.92. The average Bonchev–Trinajstić information content (AvgIpc) is 3.28. The molecule has 11 nitrogen and oxygen atoms in total. The zero-order valence-electron chi connectivity index (χ0n) is 18.0. The van der Waals surface area contributed by atoms with Gasteiger partial charge in [-0.25, -0.2) is 9.97 Å². The maximum absolute atomic E-state index is 12.0. The highest BCUT2D eigenvalue weighted by Crippen LogP contribution is 2.36. The number of H-pyrrole nitrogens is 2. The van der Waals surface area contributed by atoms with Gasteiger partial charge in [-0.05, 0) is 30.9 Å². The van der Waals surface area contributed by atoms with Gasteiger partial charge >= 0.3 is 0 Å². The van der Waals surface area contributed by atoms with E-state index in [1.54, 1.807) is 0 Å². The van der Waals surface area contributed by atoms with Crippen LogP contribution in [0.1, 0.15) is 6.92 Å². The molecule has 0 atom stereocenters. The molecule has 0 unspecified atom stereocenters. The number of nitrogens with one attached hydrogen (secondary N) is 3. The normalized spacial score (nSPS) is 14.4. The topological polar surface area (TPSA) is 132 Å². The van der Waals surface area contributed by atoms with E-state index in [2.05, 4.69) is 37.1 Å². The van der Waals surface area contributed by atoms with E-state index in [1.807, 2.05) is 18.3 Å².